The van der Waals surface area contributed by atoms with Crippen molar-refractivity contribution in [2.24, 2.45) is 5.73 Å². The largest absolute Gasteiger partial charge is 0.494 e. The molecule has 0 heterocycles. The number of hydrogen-bond donors (Lipinski definition) is 2. The van der Waals surface area contributed by atoms with Crippen LogP contribution in [0.15, 0.2) is 24.3 Å². The van der Waals surface area contributed by atoms with Gasteiger partial charge in [0.15, 0.2) is 0 Å². The first kappa shape index (κ1) is 14.5. The van der Waals surface area contributed by atoms with Gasteiger partial charge in [-0.05, 0) is 38.3 Å². The molecule has 0 aliphatic carbocycles. The lowest BCUT2D eigenvalue weighted by Crippen LogP contribution is -2.47. The van der Waals surface area contributed by atoms with Crippen molar-refractivity contribution in [3.63, 3.8) is 0 Å². The third-order valence-corrected chi connectivity index (χ3v) is 3.11. The summed E-state index contributed by atoms with van der Waals surface area (Å²) in [6.07, 6.45) is 1.47. The number of hydrogen-bond acceptors (Lipinski definition) is 3. The summed E-state index contributed by atoms with van der Waals surface area (Å²) >= 11 is 0. The SMILES string of the molecule is CCC(N)(CCCOc1ccc(C)cc1)C(=O)O. The van der Waals surface area contributed by atoms with Crippen LogP contribution in [0.1, 0.15) is 31.7 Å². The number of carboxylic acid groups (broad SMARTS) is 1. The average Bonchev–Trinajstić information content (AvgIpc) is 2.36. The molecule has 3 N–H and O–H groups in total. The number of benzene rings is 1. The molecule has 4 heteroatoms. The highest BCUT2D eigenvalue weighted by Gasteiger charge is 2.30. The fourth-order valence-electron chi connectivity index (χ4n) is 1.65. The molecule has 0 spiro atoms. The van der Waals surface area contributed by atoms with Gasteiger partial charge in [0.05, 0.1) is 6.61 Å². The van der Waals surface area contributed by atoms with Gasteiger partial charge in [-0.15, -0.1) is 0 Å². The maximum Gasteiger partial charge on any atom is 0.323 e. The standard InChI is InChI=1S/C14H21NO3/c1-3-14(15,13(16)17)9-4-10-18-12-7-5-11(2)6-8-12/h5-8H,3-4,9-10,15H2,1-2H3,(H,16,17). The maximum absolute atomic E-state index is 11.0. The molecular formula is C14H21NO3. The highest BCUT2D eigenvalue weighted by molar-refractivity contribution is 5.78. The number of aryl methyl sites for hydroxylation is 1. The van der Waals surface area contributed by atoms with Gasteiger partial charge in [-0.1, -0.05) is 24.6 Å². The van der Waals surface area contributed by atoms with Crippen LogP contribution in [0.3, 0.4) is 0 Å². The molecule has 0 aliphatic rings. The van der Waals surface area contributed by atoms with E-state index in [2.05, 4.69) is 0 Å². The summed E-state index contributed by atoms with van der Waals surface area (Å²) in [6.45, 7) is 4.28. The van der Waals surface area contributed by atoms with Crippen molar-refractivity contribution in [3.05, 3.63) is 29.8 Å². The van der Waals surface area contributed by atoms with Crippen LogP contribution >= 0.6 is 0 Å². The van der Waals surface area contributed by atoms with E-state index in [1.54, 1.807) is 6.92 Å². The fraction of sp³-hybridized carbons (Fsp3) is 0.500. The van der Waals surface area contributed by atoms with Crippen LogP contribution < -0.4 is 10.5 Å². The summed E-state index contributed by atoms with van der Waals surface area (Å²) in [6, 6.07) is 7.77. The highest BCUT2D eigenvalue weighted by atomic mass is 16.5. The molecule has 1 unspecified atom stereocenters. The lowest BCUT2D eigenvalue weighted by Gasteiger charge is -2.22. The van der Waals surface area contributed by atoms with Crippen LogP contribution in [0, 0.1) is 6.92 Å². The van der Waals surface area contributed by atoms with Crippen LogP contribution in [-0.4, -0.2) is 23.2 Å². The second-order valence-electron chi connectivity index (χ2n) is 4.58. The highest BCUT2D eigenvalue weighted by Crippen LogP contribution is 2.16. The first-order valence-electron chi connectivity index (χ1n) is 6.19. The Kier molecular flexibility index (Phi) is 5.16. The van der Waals surface area contributed by atoms with E-state index in [4.69, 9.17) is 15.6 Å². The Morgan fingerprint density at radius 1 is 1.39 bits per heavy atom. The third kappa shape index (κ3) is 4.04. The number of carbonyl (C=O) groups is 1. The van der Waals surface area contributed by atoms with E-state index in [1.165, 1.54) is 5.56 Å². The van der Waals surface area contributed by atoms with Crippen LogP contribution in [0.2, 0.25) is 0 Å². The number of carboxylic acids is 1. The maximum atomic E-state index is 11.0. The minimum Gasteiger partial charge on any atom is -0.494 e. The Hall–Kier alpha value is -1.55. The van der Waals surface area contributed by atoms with E-state index in [-0.39, 0.29) is 0 Å². The Morgan fingerprint density at radius 3 is 2.50 bits per heavy atom. The summed E-state index contributed by atoms with van der Waals surface area (Å²) in [4.78, 5) is 11.0. The topological polar surface area (TPSA) is 72.5 Å². The zero-order chi connectivity index (χ0) is 13.6. The summed E-state index contributed by atoms with van der Waals surface area (Å²) in [7, 11) is 0. The van der Waals surface area contributed by atoms with Crippen LogP contribution in [-0.2, 0) is 4.79 Å². The third-order valence-electron chi connectivity index (χ3n) is 3.11. The van der Waals surface area contributed by atoms with E-state index >= 15 is 0 Å². The van der Waals surface area contributed by atoms with E-state index in [9.17, 15) is 4.79 Å². The number of aliphatic carboxylic acids is 1. The molecule has 0 radical (unpaired) electrons. The second kappa shape index (κ2) is 6.40. The van der Waals surface area contributed by atoms with Gasteiger partial charge in [0, 0.05) is 0 Å². The number of ether oxygens (including phenoxy) is 1. The predicted octanol–water partition coefficient (Wildman–Crippen LogP) is 2.35. The van der Waals surface area contributed by atoms with Crippen molar-refractivity contribution >= 4 is 5.97 Å². The molecule has 0 saturated heterocycles. The number of rotatable bonds is 7. The molecule has 0 aliphatic heterocycles. The van der Waals surface area contributed by atoms with Crippen molar-refractivity contribution in [2.75, 3.05) is 6.61 Å². The minimum atomic E-state index is -1.13. The Labute approximate surface area is 108 Å². The molecule has 18 heavy (non-hydrogen) atoms. The van der Waals surface area contributed by atoms with Crippen molar-refractivity contribution in [1.82, 2.24) is 0 Å². The minimum absolute atomic E-state index is 0.421. The molecule has 0 amide bonds. The molecule has 1 atom stereocenters. The average molecular weight is 251 g/mol. The molecule has 0 aromatic heterocycles. The quantitative estimate of drug-likeness (QED) is 0.730. The first-order chi connectivity index (χ1) is 8.48. The zero-order valence-corrected chi connectivity index (χ0v) is 11.0. The fourth-order valence-corrected chi connectivity index (χ4v) is 1.65. The van der Waals surface area contributed by atoms with Crippen molar-refractivity contribution in [1.29, 1.82) is 0 Å². The van der Waals surface area contributed by atoms with Crippen molar-refractivity contribution in [2.45, 2.75) is 38.6 Å². The Morgan fingerprint density at radius 2 is 2.00 bits per heavy atom. The van der Waals surface area contributed by atoms with Gasteiger partial charge in [-0.3, -0.25) is 4.79 Å². The van der Waals surface area contributed by atoms with Crippen molar-refractivity contribution in [3.8, 4) is 5.75 Å². The van der Waals surface area contributed by atoms with Crippen molar-refractivity contribution < 1.29 is 14.6 Å². The van der Waals surface area contributed by atoms with E-state index < -0.39 is 11.5 Å². The molecular weight excluding hydrogens is 230 g/mol. The van der Waals surface area contributed by atoms with Gasteiger partial charge < -0.3 is 15.6 Å². The summed E-state index contributed by atoms with van der Waals surface area (Å²) in [5.74, 6) is -0.143. The lowest BCUT2D eigenvalue weighted by atomic mass is 9.92. The first-order valence-corrected chi connectivity index (χ1v) is 6.19. The molecule has 100 valence electrons. The van der Waals surface area contributed by atoms with Gasteiger partial charge in [-0.2, -0.15) is 0 Å². The number of nitrogens with two attached hydrogens (primary N) is 1. The normalized spacial score (nSPS) is 13.9. The van der Waals surface area contributed by atoms with Gasteiger partial charge in [0.25, 0.3) is 0 Å². The monoisotopic (exact) mass is 251 g/mol. The molecule has 1 aromatic carbocycles. The molecule has 0 bridgehead atoms. The molecule has 4 nitrogen and oxygen atoms in total. The zero-order valence-electron chi connectivity index (χ0n) is 11.0. The van der Waals surface area contributed by atoms with Gasteiger partial charge in [0.2, 0.25) is 0 Å². The molecule has 1 rings (SSSR count). The van der Waals surface area contributed by atoms with E-state index in [1.807, 2.05) is 31.2 Å². The van der Waals surface area contributed by atoms with E-state index in [0.29, 0.717) is 25.9 Å². The molecule has 0 saturated carbocycles. The van der Waals surface area contributed by atoms with Gasteiger partial charge >= 0.3 is 5.97 Å². The Bertz CT molecular complexity index is 389. The van der Waals surface area contributed by atoms with Crippen LogP contribution in [0.25, 0.3) is 0 Å². The van der Waals surface area contributed by atoms with Crippen LogP contribution in [0.5, 0.6) is 5.75 Å². The summed E-state index contributed by atoms with van der Waals surface area (Å²) in [5, 5.41) is 9.01. The summed E-state index contributed by atoms with van der Waals surface area (Å²) < 4.78 is 5.53. The van der Waals surface area contributed by atoms with Gasteiger partial charge in [0.1, 0.15) is 11.3 Å². The van der Waals surface area contributed by atoms with Crippen LogP contribution in [0.4, 0.5) is 0 Å². The van der Waals surface area contributed by atoms with E-state index in [0.717, 1.165) is 5.75 Å². The predicted molar refractivity (Wildman–Crippen MR) is 70.8 cm³/mol. The summed E-state index contributed by atoms with van der Waals surface area (Å²) in [5.41, 5.74) is 5.84. The second-order valence-corrected chi connectivity index (χ2v) is 4.58. The van der Waals surface area contributed by atoms with Gasteiger partial charge in [-0.25, -0.2) is 0 Å². The lowest BCUT2D eigenvalue weighted by molar-refractivity contribution is -0.143. The molecule has 1 aromatic rings. The Balaban J connectivity index is 2.34. The molecule has 0 fully saturated rings. The smallest absolute Gasteiger partial charge is 0.323 e.